The summed E-state index contributed by atoms with van der Waals surface area (Å²) in [6, 6.07) is 3.78. The zero-order valence-electron chi connectivity index (χ0n) is 10.7. The lowest BCUT2D eigenvalue weighted by Gasteiger charge is -2.19. The minimum absolute atomic E-state index is 0.0277. The zero-order valence-corrected chi connectivity index (χ0v) is 12.3. The first-order chi connectivity index (χ1) is 8.45. The van der Waals surface area contributed by atoms with Crippen LogP contribution in [0.1, 0.15) is 12.5 Å². The molecule has 0 amide bonds. The highest BCUT2D eigenvalue weighted by molar-refractivity contribution is 7.89. The summed E-state index contributed by atoms with van der Waals surface area (Å²) in [5.41, 5.74) is 1.08. The van der Waals surface area contributed by atoms with E-state index in [1.54, 1.807) is 19.4 Å². The molecule has 0 N–H and O–H groups in total. The number of aromatic nitrogens is 1. The smallest absolute Gasteiger partial charge is 0.214 e. The number of nitrogens with zero attached hydrogens (tertiary/aromatic N) is 2. The largest absolute Gasteiger partial charge is 0.265 e. The molecule has 18 heavy (non-hydrogen) atoms. The maximum atomic E-state index is 12.0. The summed E-state index contributed by atoms with van der Waals surface area (Å²) in [7, 11) is -1.60. The predicted molar refractivity (Wildman–Crippen MR) is 74.2 cm³/mol. The lowest BCUT2D eigenvalue weighted by Crippen LogP contribution is -2.33. The molecule has 6 heteroatoms. The summed E-state index contributed by atoms with van der Waals surface area (Å²) in [5, 5.41) is 0. The highest BCUT2D eigenvalue weighted by Gasteiger charge is 2.20. The summed E-state index contributed by atoms with van der Waals surface area (Å²) in [4.78, 5) is 3.93. The number of sulfonamides is 1. The maximum Gasteiger partial charge on any atom is 0.214 e. The Morgan fingerprint density at radius 2 is 2.00 bits per heavy atom. The Labute approximate surface area is 114 Å². The van der Waals surface area contributed by atoms with Crippen LogP contribution in [-0.2, 0) is 16.4 Å². The fraction of sp³-hybridized carbons (Fsp3) is 0.583. The van der Waals surface area contributed by atoms with Crippen molar-refractivity contribution < 1.29 is 8.42 Å². The molecule has 0 saturated carbocycles. The van der Waals surface area contributed by atoms with Crippen molar-refractivity contribution in [3.8, 4) is 0 Å². The van der Waals surface area contributed by atoms with E-state index in [1.807, 2.05) is 19.1 Å². The lowest BCUT2D eigenvalue weighted by molar-refractivity contribution is 0.466. The molecule has 0 aliphatic heterocycles. The van der Waals surface area contributed by atoms with E-state index in [0.29, 0.717) is 18.8 Å². The average molecular weight is 291 g/mol. The van der Waals surface area contributed by atoms with E-state index in [0.717, 1.165) is 5.56 Å². The molecule has 0 saturated heterocycles. The molecule has 102 valence electrons. The van der Waals surface area contributed by atoms with Gasteiger partial charge in [-0.25, -0.2) is 12.7 Å². The van der Waals surface area contributed by atoms with E-state index in [4.69, 9.17) is 11.6 Å². The molecule has 1 heterocycles. The lowest BCUT2D eigenvalue weighted by atomic mass is 10.2. The molecule has 0 spiro atoms. The van der Waals surface area contributed by atoms with Gasteiger partial charge in [-0.05, 0) is 30.0 Å². The molecule has 1 aromatic rings. The monoisotopic (exact) mass is 290 g/mol. The maximum absolute atomic E-state index is 12.0. The highest BCUT2D eigenvalue weighted by atomic mass is 35.5. The van der Waals surface area contributed by atoms with Gasteiger partial charge >= 0.3 is 0 Å². The van der Waals surface area contributed by atoms with Gasteiger partial charge in [0.25, 0.3) is 0 Å². The van der Waals surface area contributed by atoms with E-state index < -0.39 is 10.0 Å². The van der Waals surface area contributed by atoms with Gasteiger partial charge in [-0.2, -0.15) is 0 Å². The molecule has 0 bridgehead atoms. The van der Waals surface area contributed by atoms with Crippen molar-refractivity contribution in [3.05, 3.63) is 30.1 Å². The third-order valence-corrected chi connectivity index (χ3v) is 5.35. The van der Waals surface area contributed by atoms with Crippen LogP contribution >= 0.6 is 11.6 Å². The summed E-state index contributed by atoms with van der Waals surface area (Å²) >= 11 is 5.65. The minimum atomic E-state index is -3.21. The molecule has 0 fully saturated rings. The van der Waals surface area contributed by atoms with Crippen molar-refractivity contribution >= 4 is 21.6 Å². The van der Waals surface area contributed by atoms with Gasteiger partial charge in [0.15, 0.2) is 0 Å². The number of alkyl halides is 1. The van der Waals surface area contributed by atoms with Crippen molar-refractivity contribution in [1.82, 2.24) is 9.29 Å². The Kier molecular flexibility index (Phi) is 6.05. The molecule has 1 aromatic heterocycles. The van der Waals surface area contributed by atoms with Gasteiger partial charge in [-0.3, -0.25) is 4.98 Å². The number of hydrogen-bond donors (Lipinski definition) is 0. The molecule has 1 atom stereocenters. The molecule has 0 aromatic carbocycles. The van der Waals surface area contributed by atoms with Crippen LogP contribution in [0.5, 0.6) is 0 Å². The van der Waals surface area contributed by atoms with Gasteiger partial charge in [0.1, 0.15) is 0 Å². The Morgan fingerprint density at radius 1 is 1.39 bits per heavy atom. The summed E-state index contributed by atoms with van der Waals surface area (Å²) in [5.74, 6) is 0.431. The van der Waals surface area contributed by atoms with Crippen LogP contribution in [-0.4, -0.2) is 42.9 Å². The normalized spacial score (nSPS) is 13.8. The first-order valence-corrected chi connectivity index (χ1v) is 7.99. The van der Waals surface area contributed by atoms with E-state index in [2.05, 4.69) is 4.98 Å². The minimum Gasteiger partial charge on any atom is -0.265 e. The van der Waals surface area contributed by atoms with Crippen molar-refractivity contribution in [2.75, 3.05) is 25.2 Å². The predicted octanol–water partition coefficient (Wildman–Crippen LogP) is 1.76. The highest BCUT2D eigenvalue weighted by Crippen LogP contribution is 2.08. The van der Waals surface area contributed by atoms with Crippen molar-refractivity contribution in [2.24, 2.45) is 5.92 Å². The van der Waals surface area contributed by atoms with Crippen LogP contribution in [0.25, 0.3) is 0 Å². The zero-order chi connectivity index (χ0) is 13.6. The molecular formula is C12H19ClN2O2S. The van der Waals surface area contributed by atoms with Crippen LogP contribution in [0.15, 0.2) is 24.5 Å². The summed E-state index contributed by atoms with van der Waals surface area (Å²) < 4.78 is 25.4. The van der Waals surface area contributed by atoms with E-state index >= 15 is 0 Å². The van der Waals surface area contributed by atoms with E-state index in [-0.39, 0.29) is 11.7 Å². The van der Waals surface area contributed by atoms with Crippen LogP contribution in [0, 0.1) is 5.92 Å². The number of likely N-dealkylation sites (N-methyl/N-ethyl adjacent to an activating group) is 1. The Balaban J connectivity index is 2.52. The molecule has 0 radical (unpaired) electrons. The summed E-state index contributed by atoms with van der Waals surface area (Å²) in [6.07, 6.45) is 4.10. The molecule has 1 unspecified atom stereocenters. The third kappa shape index (κ3) is 4.92. The van der Waals surface area contributed by atoms with Gasteiger partial charge in [0, 0.05) is 31.9 Å². The molecular weight excluding hydrogens is 272 g/mol. The second kappa shape index (κ2) is 7.07. The van der Waals surface area contributed by atoms with Gasteiger partial charge < -0.3 is 0 Å². The van der Waals surface area contributed by atoms with Crippen molar-refractivity contribution in [1.29, 1.82) is 0 Å². The van der Waals surface area contributed by atoms with Crippen molar-refractivity contribution in [3.63, 3.8) is 0 Å². The van der Waals surface area contributed by atoms with Crippen LogP contribution in [0.3, 0.4) is 0 Å². The average Bonchev–Trinajstić information content (AvgIpc) is 2.36. The standard InChI is InChI=1S/C12H19ClN2O2S/c1-11(9-13)10-18(16,17)15(2)8-5-12-3-6-14-7-4-12/h3-4,6-7,11H,5,8-10H2,1-2H3. The Morgan fingerprint density at radius 3 is 2.56 bits per heavy atom. The number of pyridine rings is 1. The SMILES string of the molecule is CC(CCl)CS(=O)(=O)N(C)CCc1ccncc1. The second-order valence-electron chi connectivity index (χ2n) is 4.47. The van der Waals surface area contributed by atoms with E-state index in [9.17, 15) is 8.42 Å². The quantitative estimate of drug-likeness (QED) is 0.719. The van der Waals surface area contributed by atoms with E-state index in [1.165, 1.54) is 4.31 Å². The summed E-state index contributed by atoms with van der Waals surface area (Å²) in [6.45, 7) is 2.31. The van der Waals surface area contributed by atoms with Crippen LogP contribution in [0.2, 0.25) is 0 Å². The first-order valence-electron chi connectivity index (χ1n) is 5.84. The van der Waals surface area contributed by atoms with Crippen molar-refractivity contribution in [2.45, 2.75) is 13.3 Å². The number of halogens is 1. The third-order valence-electron chi connectivity index (χ3n) is 2.70. The topological polar surface area (TPSA) is 50.3 Å². The fourth-order valence-electron chi connectivity index (χ4n) is 1.51. The van der Waals surface area contributed by atoms with Crippen LogP contribution in [0.4, 0.5) is 0 Å². The van der Waals surface area contributed by atoms with Gasteiger partial charge in [0.05, 0.1) is 5.75 Å². The Hall–Kier alpha value is -0.650. The molecule has 0 aliphatic rings. The molecule has 4 nitrogen and oxygen atoms in total. The van der Waals surface area contributed by atoms with Gasteiger partial charge in [0.2, 0.25) is 10.0 Å². The second-order valence-corrected chi connectivity index (χ2v) is 6.89. The molecule has 1 rings (SSSR count). The Bertz CT molecular complexity index is 450. The van der Waals surface area contributed by atoms with Crippen LogP contribution < -0.4 is 0 Å². The van der Waals surface area contributed by atoms with Gasteiger partial charge in [-0.1, -0.05) is 6.92 Å². The fourth-order valence-corrected chi connectivity index (χ4v) is 3.21. The number of rotatable bonds is 7. The number of hydrogen-bond acceptors (Lipinski definition) is 3. The van der Waals surface area contributed by atoms with Gasteiger partial charge in [-0.15, -0.1) is 11.6 Å². The molecule has 0 aliphatic carbocycles. The first kappa shape index (κ1) is 15.4.